The van der Waals surface area contributed by atoms with E-state index < -0.39 is 0 Å². The van der Waals surface area contributed by atoms with E-state index in [-0.39, 0.29) is 24.9 Å². The zero-order chi connectivity index (χ0) is 14.5. The summed E-state index contributed by atoms with van der Waals surface area (Å²) in [6.07, 6.45) is 0.259. The molecule has 0 radical (unpaired) electrons. The molecule has 6 nitrogen and oxygen atoms in total. The predicted octanol–water partition coefficient (Wildman–Crippen LogP) is 1.74. The topological polar surface area (TPSA) is 94.0 Å². The largest absolute Gasteiger partial charge is 0.347 e. The SMILES string of the molecule is CC(N)CC(=O)NCc1nc(-c2cccc(Cl)c2)no1. The highest BCUT2D eigenvalue weighted by Gasteiger charge is 2.10. The van der Waals surface area contributed by atoms with Gasteiger partial charge >= 0.3 is 0 Å². The standard InChI is InChI=1S/C13H15ClN4O2/c1-8(15)5-11(19)16-7-12-17-13(18-20-12)9-3-2-4-10(14)6-9/h2-4,6,8H,5,7,15H2,1H3,(H,16,19). The van der Waals surface area contributed by atoms with Crippen LogP contribution in [0.1, 0.15) is 19.2 Å². The molecule has 2 aromatic rings. The fourth-order valence-corrected chi connectivity index (χ4v) is 1.80. The van der Waals surface area contributed by atoms with Crippen molar-refractivity contribution in [1.29, 1.82) is 0 Å². The molecule has 0 aliphatic carbocycles. The molecule has 1 amide bonds. The molecular weight excluding hydrogens is 280 g/mol. The summed E-state index contributed by atoms with van der Waals surface area (Å²) in [6, 6.07) is 6.96. The van der Waals surface area contributed by atoms with Crippen LogP contribution in [0.15, 0.2) is 28.8 Å². The number of hydrogen-bond acceptors (Lipinski definition) is 5. The molecule has 1 unspecified atom stereocenters. The maximum atomic E-state index is 11.4. The first-order valence-electron chi connectivity index (χ1n) is 6.15. The van der Waals surface area contributed by atoms with Gasteiger partial charge in [0.15, 0.2) is 0 Å². The summed E-state index contributed by atoms with van der Waals surface area (Å²) in [5.74, 6) is 0.615. The number of carbonyl (C=O) groups is 1. The van der Waals surface area contributed by atoms with Crippen molar-refractivity contribution in [2.75, 3.05) is 0 Å². The molecule has 1 heterocycles. The van der Waals surface area contributed by atoms with Gasteiger partial charge in [-0.2, -0.15) is 4.98 Å². The molecule has 0 spiro atoms. The van der Waals surface area contributed by atoms with Crippen molar-refractivity contribution in [3.8, 4) is 11.4 Å². The maximum Gasteiger partial charge on any atom is 0.246 e. The summed E-state index contributed by atoms with van der Waals surface area (Å²) in [7, 11) is 0. The van der Waals surface area contributed by atoms with Crippen molar-refractivity contribution in [1.82, 2.24) is 15.5 Å². The van der Waals surface area contributed by atoms with Crippen LogP contribution >= 0.6 is 11.6 Å². The first kappa shape index (κ1) is 14.5. The van der Waals surface area contributed by atoms with E-state index in [1.54, 1.807) is 25.1 Å². The monoisotopic (exact) mass is 294 g/mol. The van der Waals surface area contributed by atoms with E-state index in [1.807, 2.05) is 6.07 Å². The Hall–Kier alpha value is -1.92. The molecule has 0 aliphatic heterocycles. The first-order chi connectivity index (χ1) is 9.54. The van der Waals surface area contributed by atoms with E-state index >= 15 is 0 Å². The van der Waals surface area contributed by atoms with Crippen LogP contribution in [-0.4, -0.2) is 22.1 Å². The van der Waals surface area contributed by atoms with Crippen LogP contribution in [-0.2, 0) is 11.3 Å². The van der Waals surface area contributed by atoms with Crippen molar-refractivity contribution in [3.63, 3.8) is 0 Å². The summed E-state index contributed by atoms with van der Waals surface area (Å²) < 4.78 is 5.06. The van der Waals surface area contributed by atoms with Crippen molar-refractivity contribution in [3.05, 3.63) is 35.2 Å². The van der Waals surface area contributed by atoms with Gasteiger partial charge in [0.2, 0.25) is 17.6 Å². The summed E-state index contributed by atoms with van der Waals surface area (Å²) >= 11 is 5.90. The number of halogens is 1. The third-order valence-corrected chi connectivity index (χ3v) is 2.73. The highest BCUT2D eigenvalue weighted by molar-refractivity contribution is 6.30. The van der Waals surface area contributed by atoms with Gasteiger partial charge in [-0.05, 0) is 19.1 Å². The zero-order valence-corrected chi connectivity index (χ0v) is 11.7. The Balaban J connectivity index is 1.97. The van der Waals surface area contributed by atoms with Gasteiger partial charge in [0.1, 0.15) is 0 Å². The van der Waals surface area contributed by atoms with Crippen LogP contribution in [0.3, 0.4) is 0 Å². The Morgan fingerprint density at radius 3 is 3.05 bits per heavy atom. The quantitative estimate of drug-likeness (QED) is 0.876. The molecule has 20 heavy (non-hydrogen) atoms. The van der Waals surface area contributed by atoms with Crippen molar-refractivity contribution in [2.45, 2.75) is 25.9 Å². The summed E-state index contributed by atoms with van der Waals surface area (Å²) in [5.41, 5.74) is 6.29. The second-order valence-corrected chi connectivity index (χ2v) is 4.92. The van der Waals surface area contributed by atoms with Gasteiger partial charge in [0.25, 0.3) is 0 Å². The lowest BCUT2D eigenvalue weighted by molar-refractivity contribution is -0.121. The Bertz CT molecular complexity index is 598. The average Bonchev–Trinajstić information content (AvgIpc) is 2.84. The molecule has 1 aromatic carbocycles. The van der Waals surface area contributed by atoms with Crippen LogP contribution in [0.4, 0.5) is 0 Å². The fraction of sp³-hybridized carbons (Fsp3) is 0.308. The second kappa shape index (κ2) is 6.49. The number of nitrogens with one attached hydrogen (secondary N) is 1. The van der Waals surface area contributed by atoms with Crippen LogP contribution in [0.2, 0.25) is 5.02 Å². The summed E-state index contributed by atoms with van der Waals surface area (Å²) in [5, 5.41) is 7.11. The minimum atomic E-state index is -0.181. The van der Waals surface area contributed by atoms with Crippen LogP contribution in [0.25, 0.3) is 11.4 Å². The molecule has 0 bridgehead atoms. The predicted molar refractivity (Wildman–Crippen MR) is 74.9 cm³/mol. The highest BCUT2D eigenvalue weighted by Crippen LogP contribution is 2.19. The molecule has 7 heteroatoms. The van der Waals surface area contributed by atoms with Crippen molar-refractivity contribution >= 4 is 17.5 Å². The van der Waals surface area contributed by atoms with E-state index in [4.69, 9.17) is 21.9 Å². The van der Waals surface area contributed by atoms with E-state index in [0.29, 0.717) is 16.7 Å². The Labute approximate surface area is 121 Å². The van der Waals surface area contributed by atoms with Gasteiger partial charge in [-0.15, -0.1) is 0 Å². The van der Waals surface area contributed by atoms with Crippen LogP contribution in [0, 0.1) is 0 Å². The van der Waals surface area contributed by atoms with Crippen LogP contribution in [0.5, 0.6) is 0 Å². The van der Waals surface area contributed by atoms with Gasteiger partial charge in [0, 0.05) is 23.0 Å². The number of nitrogens with two attached hydrogens (primary N) is 1. The summed E-state index contributed by atoms with van der Waals surface area (Å²) in [4.78, 5) is 15.6. The maximum absolute atomic E-state index is 11.4. The van der Waals surface area contributed by atoms with E-state index in [9.17, 15) is 4.79 Å². The first-order valence-corrected chi connectivity index (χ1v) is 6.53. The molecule has 0 saturated carbocycles. The van der Waals surface area contributed by atoms with Crippen LogP contribution < -0.4 is 11.1 Å². The fourth-order valence-electron chi connectivity index (χ4n) is 1.61. The number of amides is 1. The molecule has 2 rings (SSSR count). The van der Waals surface area contributed by atoms with Crippen molar-refractivity contribution < 1.29 is 9.32 Å². The van der Waals surface area contributed by atoms with Gasteiger partial charge < -0.3 is 15.6 Å². The Morgan fingerprint density at radius 2 is 2.35 bits per heavy atom. The van der Waals surface area contributed by atoms with Gasteiger partial charge in [-0.1, -0.05) is 28.9 Å². The minimum absolute atomic E-state index is 0.150. The molecule has 1 aromatic heterocycles. The lowest BCUT2D eigenvalue weighted by atomic mass is 10.2. The third kappa shape index (κ3) is 4.04. The molecule has 0 fully saturated rings. The van der Waals surface area contributed by atoms with Gasteiger partial charge in [-0.3, -0.25) is 4.79 Å². The lowest BCUT2D eigenvalue weighted by Gasteiger charge is -2.04. The normalized spacial score (nSPS) is 12.2. The Kier molecular flexibility index (Phi) is 4.70. The second-order valence-electron chi connectivity index (χ2n) is 4.48. The number of carbonyl (C=O) groups excluding carboxylic acids is 1. The molecule has 0 saturated heterocycles. The van der Waals surface area contributed by atoms with Crippen molar-refractivity contribution in [2.24, 2.45) is 5.73 Å². The van der Waals surface area contributed by atoms with Gasteiger partial charge in [-0.25, -0.2) is 0 Å². The minimum Gasteiger partial charge on any atom is -0.347 e. The number of nitrogens with zero attached hydrogens (tertiary/aromatic N) is 2. The molecule has 0 aliphatic rings. The number of benzene rings is 1. The Morgan fingerprint density at radius 1 is 1.55 bits per heavy atom. The number of hydrogen-bond donors (Lipinski definition) is 2. The summed E-state index contributed by atoms with van der Waals surface area (Å²) in [6.45, 7) is 1.95. The lowest BCUT2D eigenvalue weighted by Crippen LogP contribution is -2.29. The third-order valence-electron chi connectivity index (χ3n) is 2.50. The van der Waals surface area contributed by atoms with E-state index in [1.165, 1.54) is 0 Å². The highest BCUT2D eigenvalue weighted by atomic mass is 35.5. The molecular formula is C13H15ClN4O2. The van der Waals surface area contributed by atoms with Gasteiger partial charge in [0.05, 0.1) is 6.54 Å². The molecule has 1 atom stereocenters. The number of rotatable bonds is 5. The average molecular weight is 295 g/mol. The number of aromatic nitrogens is 2. The van der Waals surface area contributed by atoms with E-state index in [0.717, 1.165) is 5.56 Å². The molecule has 106 valence electrons. The molecule has 3 N–H and O–H groups in total. The smallest absolute Gasteiger partial charge is 0.246 e. The zero-order valence-electron chi connectivity index (χ0n) is 11.0. The van der Waals surface area contributed by atoms with E-state index in [2.05, 4.69) is 15.5 Å².